The van der Waals surface area contributed by atoms with Crippen LogP contribution in [-0.2, 0) is 36.5 Å². The monoisotopic (exact) mass is 572 g/mol. The van der Waals surface area contributed by atoms with Crippen molar-refractivity contribution < 1.29 is 37.8 Å². The number of imide groups is 1. The Balaban J connectivity index is 1.70. The number of aryl methyl sites for hydroxylation is 1. The third kappa shape index (κ3) is 8.60. The van der Waals surface area contributed by atoms with Crippen LogP contribution >= 0.6 is 7.37 Å². The fourth-order valence-corrected chi connectivity index (χ4v) is 6.89. The first-order valence-corrected chi connectivity index (χ1v) is 16.0. The highest BCUT2D eigenvalue weighted by Crippen LogP contribution is 2.44. The highest BCUT2D eigenvalue weighted by atomic mass is 31.2. The molecule has 0 spiro atoms. The van der Waals surface area contributed by atoms with Gasteiger partial charge in [0.15, 0.2) is 0 Å². The number of amides is 2. The number of rotatable bonds is 11. The number of carbonyl (C=O) groups excluding carboxylic acids is 3. The molecule has 0 aliphatic carbocycles. The third-order valence-electron chi connectivity index (χ3n) is 7.54. The summed E-state index contributed by atoms with van der Waals surface area (Å²) in [4.78, 5) is 50.2. The Morgan fingerprint density at radius 1 is 0.950 bits per heavy atom. The van der Waals surface area contributed by atoms with Gasteiger partial charge in [-0.1, -0.05) is 60.7 Å². The summed E-state index contributed by atoms with van der Waals surface area (Å²) in [7, 11) is -3.84. The molecule has 9 heteroatoms. The van der Waals surface area contributed by atoms with Gasteiger partial charge in [0.2, 0.25) is 14.2 Å². The number of unbranched alkanes of at least 4 members (excludes halogenated alkanes) is 1. The van der Waals surface area contributed by atoms with E-state index in [1.165, 1.54) is 0 Å². The van der Waals surface area contributed by atoms with E-state index in [4.69, 9.17) is 9.47 Å². The number of carbonyl (C=O) groups is 3. The van der Waals surface area contributed by atoms with E-state index < -0.39 is 54.2 Å². The number of benzene rings is 2. The average Bonchev–Trinajstić information content (AvgIpc) is 3.23. The van der Waals surface area contributed by atoms with Crippen LogP contribution in [0, 0.1) is 11.3 Å². The Labute approximate surface area is 237 Å². The standard InChI is InChI=1S/C31H42NO7P/c1-24-19-27(20-26-16-9-6-10-17-26)21-32(24,30(35)39-23-38-29(34)31(2,3)4)28(33)22-40(36,37)18-12-11-15-25-13-7-5-8-14-25/h5-10,13-14,16-17,24,27H,11-12,15,18-23H2,1-4H3/p+1/t24-,27+,32-/m1/s1. The van der Waals surface area contributed by atoms with Gasteiger partial charge in [0, 0.05) is 18.5 Å². The second-order valence-corrected chi connectivity index (χ2v) is 14.4. The van der Waals surface area contributed by atoms with Gasteiger partial charge in [0.05, 0.1) is 12.0 Å². The highest BCUT2D eigenvalue weighted by Gasteiger charge is 2.58. The van der Waals surface area contributed by atoms with Crippen LogP contribution in [0.3, 0.4) is 0 Å². The number of ether oxygens (including phenoxy) is 2. The molecule has 1 aliphatic heterocycles. The summed E-state index contributed by atoms with van der Waals surface area (Å²) in [6.07, 6.45) is 1.80. The number of quaternary nitrogens is 1. The van der Waals surface area contributed by atoms with Crippen molar-refractivity contribution in [2.75, 3.05) is 25.7 Å². The van der Waals surface area contributed by atoms with Crippen LogP contribution in [0.15, 0.2) is 60.7 Å². The van der Waals surface area contributed by atoms with Gasteiger partial charge in [-0.2, -0.15) is 9.28 Å². The summed E-state index contributed by atoms with van der Waals surface area (Å²) < 4.78 is 22.9. The number of nitrogens with zero attached hydrogens (tertiary/aromatic N) is 1. The molecule has 2 aromatic carbocycles. The van der Waals surface area contributed by atoms with Crippen molar-refractivity contribution in [1.29, 1.82) is 0 Å². The van der Waals surface area contributed by atoms with Crippen molar-refractivity contribution >= 4 is 25.3 Å². The second kappa shape index (κ2) is 13.7. The lowest BCUT2D eigenvalue weighted by Gasteiger charge is -2.32. The van der Waals surface area contributed by atoms with Gasteiger partial charge in [0.1, 0.15) is 12.2 Å². The molecule has 3 rings (SSSR count). The Hall–Kier alpha value is -2.80. The molecule has 40 heavy (non-hydrogen) atoms. The SMILES string of the molecule is C[C@@H]1C[C@@H](Cc2ccccc2)C[N@@+]1(C(=O)CP(=O)(O)CCCCc1ccccc1)C(=O)OCOC(=O)C(C)(C)C. The van der Waals surface area contributed by atoms with E-state index in [-0.39, 0.29) is 18.6 Å². The summed E-state index contributed by atoms with van der Waals surface area (Å²) in [5, 5.41) is 0. The van der Waals surface area contributed by atoms with E-state index in [0.717, 1.165) is 24.0 Å². The van der Waals surface area contributed by atoms with Gasteiger partial charge in [-0.25, -0.2) is 4.79 Å². The van der Waals surface area contributed by atoms with Gasteiger partial charge in [-0.05, 0) is 64.5 Å². The minimum absolute atomic E-state index is 0.00465. The lowest BCUT2D eigenvalue weighted by atomic mass is 9.97. The zero-order valence-corrected chi connectivity index (χ0v) is 25.0. The van der Waals surface area contributed by atoms with Gasteiger partial charge in [-0.3, -0.25) is 9.36 Å². The molecular formula is C31H43NO7P+. The Morgan fingerprint density at radius 3 is 2.15 bits per heavy atom. The van der Waals surface area contributed by atoms with Gasteiger partial charge < -0.3 is 14.4 Å². The lowest BCUT2D eigenvalue weighted by Crippen LogP contribution is -2.60. The maximum absolute atomic E-state index is 13.8. The molecule has 8 nitrogen and oxygen atoms in total. The molecule has 2 amide bonds. The van der Waals surface area contributed by atoms with Gasteiger partial charge in [-0.15, -0.1) is 0 Å². The van der Waals surface area contributed by atoms with Crippen LogP contribution in [0.4, 0.5) is 4.79 Å². The molecule has 1 aliphatic rings. The first-order chi connectivity index (χ1) is 18.8. The first-order valence-electron chi connectivity index (χ1n) is 14.0. The predicted molar refractivity (Wildman–Crippen MR) is 154 cm³/mol. The van der Waals surface area contributed by atoms with Crippen LogP contribution in [0.5, 0.6) is 0 Å². The molecule has 0 bridgehead atoms. The summed E-state index contributed by atoms with van der Waals surface area (Å²) in [6, 6.07) is 19.3. The molecule has 1 fully saturated rings. The summed E-state index contributed by atoms with van der Waals surface area (Å²) >= 11 is 0. The molecular weight excluding hydrogens is 529 g/mol. The van der Waals surface area contributed by atoms with E-state index >= 15 is 0 Å². The van der Waals surface area contributed by atoms with E-state index in [2.05, 4.69) is 0 Å². The quantitative estimate of drug-likeness (QED) is 0.116. The Kier molecular flexibility index (Phi) is 10.9. The smallest absolute Gasteiger partial charge is 0.427 e. The minimum atomic E-state index is -3.84. The van der Waals surface area contributed by atoms with Crippen molar-refractivity contribution in [1.82, 2.24) is 0 Å². The van der Waals surface area contributed by atoms with Crippen LogP contribution in [0.2, 0.25) is 0 Å². The molecule has 1 N–H and O–H groups in total. The second-order valence-electron chi connectivity index (χ2n) is 12.0. The van der Waals surface area contributed by atoms with E-state index in [1.54, 1.807) is 27.7 Å². The van der Waals surface area contributed by atoms with Crippen molar-refractivity contribution in [2.24, 2.45) is 11.3 Å². The zero-order valence-electron chi connectivity index (χ0n) is 24.1. The predicted octanol–water partition coefficient (Wildman–Crippen LogP) is 5.96. The fraction of sp³-hybridized carbons (Fsp3) is 0.516. The molecule has 1 unspecified atom stereocenters. The highest BCUT2D eigenvalue weighted by molar-refractivity contribution is 7.58. The Morgan fingerprint density at radius 2 is 1.55 bits per heavy atom. The molecule has 218 valence electrons. The molecule has 0 radical (unpaired) electrons. The number of esters is 1. The summed E-state index contributed by atoms with van der Waals surface area (Å²) in [6.45, 7) is 6.40. The van der Waals surface area contributed by atoms with Crippen molar-refractivity contribution in [3.8, 4) is 0 Å². The molecule has 0 saturated carbocycles. The van der Waals surface area contributed by atoms with E-state index in [1.807, 2.05) is 60.7 Å². The largest absolute Gasteiger partial charge is 0.526 e. The average molecular weight is 573 g/mol. The molecule has 0 aromatic heterocycles. The fourth-order valence-electron chi connectivity index (χ4n) is 5.34. The maximum Gasteiger partial charge on any atom is 0.526 e. The third-order valence-corrected chi connectivity index (χ3v) is 9.32. The van der Waals surface area contributed by atoms with Crippen LogP contribution < -0.4 is 0 Å². The molecule has 1 saturated heterocycles. The topological polar surface area (TPSA) is 107 Å². The van der Waals surface area contributed by atoms with E-state index in [0.29, 0.717) is 19.3 Å². The number of hydrogen-bond acceptors (Lipinski definition) is 6. The lowest BCUT2D eigenvalue weighted by molar-refractivity contribution is -0.793. The summed E-state index contributed by atoms with van der Waals surface area (Å²) in [5.41, 5.74) is 1.47. The zero-order chi connectivity index (χ0) is 29.4. The van der Waals surface area contributed by atoms with Crippen molar-refractivity contribution in [3.05, 3.63) is 71.8 Å². The Bertz CT molecular complexity index is 1200. The van der Waals surface area contributed by atoms with Gasteiger partial charge >= 0.3 is 18.0 Å². The van der Waals surface area contributed by atoms with Crippen molar-refractivity contribution in [3.63, 3.8) is 0 Å². The first kappa shape index (κ1) is 31.7. The number of hydrogen-bond donors (Lipinski definition) is 1. The van der Waals surface area contributed by atoms with Crippen LogP contribution in [-0.4, -0.2) is 59.0 Å². The van der Waals surface area contributed by atoms with Gasteiger partial charge in [0.25, 0.3) is 0 Å². The van der Waals surface area contributed by atoms with E-state index in [9.17, 15) is 23.8 Å². The molecule has 1 heterocycles. The van der Waals surface area contributed by atoms with Crippen molar-refractivity contribution in [2.45, 2.75) is 65.8 Å². The maximum atomic E-state index is 13.8. The summed E-state index contributed by atoms with van der Waals surface area (Å²) in [5.74, 6) is -1.16. The van der Waals surface area contributed by atoms with Crippen LogP contribution in [0.25, 0.3) is 0 Å². The number of likely N-dealkylation sites (tertiary alicyclic amines) is 1. The molecule has 2 aromatic rings. The minimum Gasteiger partial charge on any atom is -0.427 e. The normalized spacial score (nSPS) is 22.3. The van der Waals surface area contributed by atoms with Crippen LogP contribution in [0.1, 0.15) is 58.1 Å². The molecule has 4 atom stereocenters.